The van der Waals surface area contributed by atoms with Crippen LogP contribution >= 0.6 is 0 Å². The first-order chi connectivity index (χ1) is 10.1. The van der Waals surface area contributed by atoms with E-state index in [0.29, 0.717) is 12.8 Å². The van der Waals surface area contributed by atoms with Crippen LogP contribution in [-0.2, 0) is 9.59 Å². The topological polar surface area (TPSA) is 86.6 Å². The van der Waals surface area contributed by atoms with E-state index in [1.807, 2.05) is 30.3 Å². The second kappa shape index (κ2) is 7.22. The van der Waals surface area contributed by atoms with Crippen LogP contribution in [0.1, 0.15) is 37.3 Å². The monoisotopic (exact) mass is 291 g/mol. The molecule has 3 atom stereocenters. The number of hydrogen-bond acceptors (Lipinski definition) is 3. The minimum absolute atomic E-state index is 0.208. The zero-order chi connectivity index (χ0) is 15.2. The summed E-state index contributed by atoms with van der Waals surface area (Å²) in [7, 11) is 0. The number of aliphatic hydroxyl groups is 1. The number of hydrogen-bond donors (Lipinski definition) is 3. The number of carboxylic acid groups (broad SMARTS) is 1. The molecule has 0 heterocycles. The number of aliphatic carboxylic acids is 1. The molecule has 1 aliphatic rings. The standard InChI is InChI=1S/C16H21NO4/c18-10-14(11-6-2-1-3-7-11)17-15(19)12-8-4-5-9-13(12)16(20)21/h1-3,6-7,12-14,18H,4-5,8-10H2,(H,17,19)(H,20,21)/t12-,13+,14?/m1/s1. The van der Waals surface area contributed by atoms with Gasteiger partial charge >= 0.3 is 5.97 Å². The number of benzene rings is 1. The summed E-state index contributed by atoms with van der Waals surface area (Å²) in [5.74, 6) is -2.30. The normalized spacial score (nSPS) is 23.3. The summed E-state index contributed by atoms with van der Waals surface area (Å²) in [6, 6.07) is 8.71. The Hall–Kier alpha value is -1.88. The van der Waals surface area contributed by atoms with Gasteiger partial charge in [0, 0.05) is 0 Å². The van der Waals surface area contributed by atoms with Crippen LogP contribution in [0.3, 0.4) is 0 Å². The van der Waals surface area contributed by atoms with Crippen molar-refractivity contribution in [1.82, 2.24) is 5.32 Å². The van der Waals surface area contributed by atoms with Gasteiger partial charge in [0.25, 0.3) is 0 Å². The Morgan fingerprint density at radius 1 is 1.14 bits per heavy atom. The lowest BCUT2D eigenvalue weighted by Crippen LogP contribution is -2.42. The van der Waals surface area contributed by atoms with Crippen LogP contribution in [0.4, 0.5) is 0 Å². The molecule has 1 fully saturated rings. The van der Waals surface area contributed by atoms with Crippen molar-refractivity contribution in [3.05, 3.63) is 35.9 Å². The first kappa shape index (κ1) is 15.5. The zero-order valence-corrected chi connectivity index (χ0v) is 11.9. The molecule has 21 heavy (non-hydrogen) atoms. The largest absolute Gasteiger partial charge is 0.481 e. The Kier molecular flexibility index (Phi) is 5.33. The SMILES string of the molecule is O=C(O)[C@H]1CCCC[C@H]1C(=O)NC(CO)c1ccccc1. The van der Waals surface area contributed by atoms with Crippen molar-refractivity contribution in [2.24, 2.45) is 11.8 Å². The number of carbonyl (C=O) groups excluding carboxylic acids is 1. The lowest BCUT2D eigenvalue weighted by molar-refractivity contribution is -0.149. The van der Waals surface area contributed by atoms with Gasteiger partial charge in [-0.25, -0.2) is 0 Å². The molecule has 1 aromatic rings. The average Bonchev–Trinajstić information content (AvgIpc) is 2.53. The van der Waals surface area contributed by atoms with E-state index in [0.717, 1.165) is 18.4 Å². The molecule has 0 saturated heterocycles. The van der Waals surface area contributed by atoms with E-state index in [1.54, 1.807) is 0 Å². The number of carboxylic acids is 1. The van der Waals surface area contributed by atoms with E-state index in [1.165, 1.54) is 0 Å². The zero-order valence-electron chi connectivity index (χ0n) is 11.9. The maximum atomic E-state index is 12.4. The van der Waals surface area contributed by atoms with Gasteiger partial charge in [0.15, 0.2) is 0 Å². The van der Waals surface area contributed by atoms with Gasteiger partial charge in [-0.1, -0.05) is 43.2 Å². The van der Waals surface area contributed by atoms with Gasteiger partial charge in [0.1, 0.15) is 0 Å². The summed E-state index contributed by atoms with van der Waals surface area (Å²) in [5.41, 5.74) is 0.816. The first-order valence-electron chi connectivity index (χ1n) is 7.32. The van der Waals surface area contributed by atoms with Crippen LogP contribution < -0.4 is 5.32 Å². The fourth-order valence-electron chi connectivity index (χ4n) is 2.94. The molecule has 5 nitrogen and oxygen atoms in total. The third-order valence-corrected chi connectivity index (χ3v) is 4.12. The number of carbonyl (C=O) groups is 2. The van der Waals surface area contributed by atoms with E-state index in [4.69, 9.17) is 0 Å². The summed E-state index contributed by atoms with van der Waals surface area (Å²) < 4.78 is 0. The predicted octanol–water partition coefficient (Wildman–Crippen LogP) is 1.73. The molecular weight excluding hydrogens is 270 g/mol. The highest BCUT2D eigenvalue weighted by Crippen LogP contribution is 2.31. The maximum Gasteiger partial charge on any atom is 0.307 e. The Balaban J connectivity index is 2.06. The van der Waals surface area contributed by atoms with Gasteiger partial charge in [-0.2, -0.15) is 0 Å². The number of amides is 1. The lowest BCUT2D eigenvalue weighted by atomic mass is 9.78. The van der Waals surface area contributed by atoms with Crippen molar-refractivity contribution < 1.29 is 19.8 Å². The molecule has 114 valence electrons. The fourth-order valence-corrected chi connectivity index (χ4v) is 2.94. The summed E-state index contributed by atoms with van der Waals surface area (Å²) in [5, 5.41) is 21.5. The molecule has 5 heteroatoms. The van der Waals surface area contributed by atoms with E-state index in [2.05, 4.69) is 5.32 Å². The van der Waals surface area contributed by atoms with E-state index < -0.39 is 23.8 Å². The summed E-state index contributed by atoms with van der Waals surface area (Å²) >= 11 is 0. The Morgan fingerprint density at radius 3 is 2.33 bits per heavy atom. The van der Waals surface area contributed by atoms with Crippen molar-refractivity contribution in [2.45, 2.75) is 31.7 Å². The molecular formula is C16H21NO4. The van der Waals surface area contributed by atoms with Crippen molar-refractivity contribution in [1.29, 1.82) is 0 Å². The minimum Gasteiger partial charge on any atom is -0.481 e. The van der Waals surface area contributed by atoms with Gasteiger partial charge in [-0.05, 0) is 18.4 Å². The van der Waals surface area contributed by atoms with Crippen LogP contribution in [0.15, 0.2) is 30.3 Å². The highest BCUT2D eigenvalue weighted by atomic mass is 16.4. The molecule has 0 radical (unpaired) electrons. The van der Waals surface area contributed by atoms with E-state index in [-0.39, 0.29) is 12.5 Å². The Morgan fingerprint density at radius 2 is 1.76 bits per heavy atom. The van der Waals surface area contributed by atoms with Crippen molar-refractivity contribution >= 4 is 11.9 Å². The van der Waals surface area contributed by atoms with Crippen molar-refractivity contribution in [3.8, 4) is 0 Å². The van der Waals surface area contributed by atoms with Gasteiger partial charge in [0.05, 0.1) is 24.5 Å². The smallest absolute Gasteiger partial charge is 0.307 e. The van der Waals surface area contributed by atoms with Crippen LogP contribution in [0.25, 0.3) is 0 Å². The van der Waals surface area contributed by atoms with E-state index in [9.17, 15) is 19.8 Å². The highest BCUT2D eigenvalue weighted by molar-refractivity contribution is 5.85. The predicted molar refractivity (Wildman–Crippen MR) is 77.5 cm³/mol. The van der Waals surface area contributed by atoms with Gasteiger partial charge in [-0.3, -0.25) is 9.59 Å². The first-order valence-corrected chi connectivity index (χ1v) is 7.32. The van der Waals surface area contributed by atoms with Crippen LogP contribution in [0.5, 0.6) is 0 Å². The molecule has 0 aromatic heterocycles. The van der Waals surface area contributed by atoms with Gasteiger partial charge in [-0.15, -0.1) is 0 Å². The molecule has 0 aliphatic heterocycles. The number of nitrogens with one attached hydrogen (secondary N) is 1. The minimum atomic E-state index is -0.907. The van der Waals surface area contributed by atoms with Crippen LogP contribution in [0.2, 0.25) is 0 Å². The Labute approximate surface area is 124 Å². The van der Waals surface area contributed by atoms with E-state index >= 15 is 0 Å². The average molecular weight is 291 g/mol. The number of rotatable bonds is 5. The molecule has 2 rings (SSSR count). The van der Waals surface area contributed by atoms with Crippen LogP contribution in [0, 0.1) is 11.8 Å². The molecule has 1 saturated carbocycles. The van der Waals surface area contributed by atoms with Gasteiger partial charge < -0.3 is 15.5 Å². The van der Waals surface area contributed by atoms with Crippen molar-refractivity contribution in [3.63, 3.8) is 0 Å². The van der Waals surface area contributed by atoms with Gasteiger partial charge in [0.2, 0.25) is 5.91 Å². The Bertz CT molecular complexity index is 488. The molecule has 1 aliphatic carbocycles. The lowest BCUT2D eigenvalue weighted by Gasteiger charge is -2.29. The van der Waals surface area contributed by atoms with Crippen LogP contribution in [-0.4, -0.2) is 28.7 Å². The third-order valence-electron chi connectivity index (χ3n) is 4.12. The summed E-state index contributed by atoms with van der Waals surface area (Å²) in [6.45, 7) is -0.208. The molecule has 0 bridgehead atoms. The molecule has 3 N–H and O–H groups in total. The summed E-state index contributed by atoms with van der Waals surface area (Å²) in [4.78, 5) is 23.6. The van der Waals surface area contributed by atoms with Crippen molar-refractivity contribution in [2.75, 3.05) is 6.61 Å². The third kappa shape index (κ3) is 3.82. The highest BCUT2D eigenvalue weighted by Gasteiger charge is 2.36. The molecule has 0 spiro atoms. The maximum absolute atomic E-state index is 12.4. The molecule has 1 unspecified atom stereocenters. The quantitative estimate of drug-likeness (QED) is 0.771. The second-order valence-corrected chi connectivity index (χ2v) is 5.49. The molecule has 1 amide bonds. The summed E-state index contributed by atoms with van der Waals surface area (Å²) in [6.07, 6.45) is 2.86. The second-order valence-electron chi connectivity index (χ2n) is 5.49. The molecule has 1 aromatic carbocycles. The fraction of sp³-hybridized carbons (Fsp3) is 0.500. The number of aliphatic hydroxyl groups excluding tert-OH is 1.